The molecule has 2 heterocycles. The Kier molecular flexibility index (Phi) is 6.98. The third-order valence-corrected chi connectivity index (χ3v) is 7.44. The number of anilines is 1. The number of amides is 1. The van der Waals surface area contributed by atoms with E-state index in [-0.39, 0.29) is 11.5 Å². The first-order chi connectivity index (χ1) is 18.4. The van der Waals surface area contributed by atoms with E-state index in [9.17, 15) is 9.59 Å². The van der Waals surface area contributed by atoms with Crippen molar-refractivity contribution in [2.24, 2.45) is 4.99 Å². The number of aryl methyl sites for hydroxylation is 1. The molecule has 4 aromatic rings. The summed E-state index contributed by atoms with van der Waals surface area (Å²) >= 11 is 1.30. The number of benzene rings is 3. The van der Waals surface area contributed by atoms with E-state index in [2.05, 4.69) is 5.32 Å². The van der Waals surface area contributed by atoms with Crippen LogP contribution < -0.4 is 29.7 Å². The number of fused-ring (bicyclic) bond motifs is 1. The van der Waals surface area contributed by atoms with Gasteiger partial charge in [0.15, 0.2) is 4.80 Å². The summed E-state index contributed by atoms with van der Waals surface area (Å²) in [5.74, 6) is 1.12. The molecule has 0 saturated carbocycles. The quantitative estimate of drug-likeness (QED) is 0.409. The summed E-state index contributed by atoms with van der Waals surface area (Å²) in [5.41, 5.74) is 4.05. The zero-order valence-electron chi connectivity index (χ0n) is 21.5. The largest absolute Gasteiger partial charge is 0.497 e. The summed E-state index contributed by atoms with van der Waals surface area (Å²) in [6.45, 7) is 3.77. The summed E-state index contributed by atoms with van der Waals surface area (Å²) < 4.78 is 12.9. The van der Waals surface area contributed by atoms with Crippen LogP contribution in [0.15, 0.2) is 93.9 Å². The van der Waals surface area contributed by atoms with Crippen LogP contribution in [0.25, 0.3) is 6.08 Å². The van der Waals surface area contributed by atoms with Crippen LogP contribution >= 0.6 is 11.3 Å². The first-order valence-electron chi connectivity index (χ1n) is 12.1. The first kappa shape index (κ1) is 25.2. The standard InChI is InChI=1S/C30H27N3O4S/c1-18-10-11-20(16-24(18)37-4)17-25-29(35)33-27(21-12-14-23(36-3)15-13-21)26(19(2)31-30(33)38-25)28(34)32-22-8-6-5-7-9-22/h5-17,27H,1-4H3,(H,32,34)/b25-17+/t27-/m0/s1. The van der Waals surface area contributed by atoms with Gasteiger partial charge in [0.2, 0.25) is 0 Å². The minimum atomic E-state index is -0.657. The summed E-state index contributed by atoms with van der Waals surface area (Å²) in [6, 6.07) is 21.8. The summed E-state index contributed by atoms with van der Waals surface area (Å²) in [7, 11) is 3.22. The van der Waals surface area contributed by atoms with Crippen molar-refractivity contribution in [3.63, 3.8) is 0 Å². The molecule has 0 spiro atoms. The SMILES string of the molecule is COc1ccc([C@H]2C(C(=O)Nc3ccccc3)=C(C)N=c3s/c(=C/c4ccc(C)c(OC)c4)c(=O)n32)cc1. The molecular weight excluding hydrogens is 498 g/mol. The summed E-state index contributed by atoms with van der Waals surface area (Å²) in [5, 5.41) is 2.96. The van der Waals surface area contributed by atoms with Crippen LogP contribution in [-0.2, 0) is 4.79 Å². The van der Waals surface area contributed by atoms with Crippen LogP contribution in [0.4, 0.5) is 5.69 Å². The molecular formula is C30H27N3O4S. The van der Waals surface area contributed by atoms with E-state index in [4.69, 9.17) is 14.5 Å². The van der Waals surface area contributed by atoms with E-state index in [1.807, 2.05) is 85.8 Å². The highest BCUT2D eigenvalue weighted by Gasteiger charge is 2.32. The number of para-hydroxylation sites is 1. The van der Waals surface area contributed by atoms with Crippen LogP contribution in [0.1, 0.15) is 29.7 Å². The molecule has 1 aromatic heterocycles. The monoisotopic (exact) mass is 525 g/mol. The van der Waals surface area contributed by atoms with Gasteiger partial charge in [-0.05, 0) is 66.9 Å². The van der Waals surface area contributed by atoms with Crippen molar-refractivity contribution >= 4 is 29.0 Å². The van der Waals surface area contributed by atoms with Gasteiger partial charge in [-0.25, -0.2) is 4.99 Å². The Bertz CT molecular complexity index is 1720. The molecule has 0 saturated heterocycles. The van der Waals surface area contributed by atoms with Gasteiger partial charge in [0.1, 0.15) is 11.5 Å². The zero-order valence-corrected chi connectivity index (χ0v) is 22.3. The lowest BCUT2D eigenvalue weighted by Crippen LogP contribution is -2.40. The van der Waals surface area contributed by atoms with E-state index in [0.717, 1.165) is 22.4 Å². The predicted octanol–water partition coefficient (Wildman–Crippen LogP) is 4.20. The third kappa shape index (κ3) is 4.78. The average molecular weight is 526 g/mol. The fourth-order valence-electron chi connectivity index (χ4n) is 4.51. The number of methoxy groups -OCH3 is 2. The lowest BCUT2D eigenvalue weighted by atomic mass is 9.95. The molecule has 0 fully saturated rings. The number of nitrogens with one attached hydrogen (secondary N) is 1. The molecule has 7 nitrogen and oxygen atoms in total. The third-order valence-electron chi connectivity index (χ3n) is 6.46. The molecule has 0 unspecified atom stereocenters. The molecule has 0 aliphatic carbocycles. The summed E-state index contributed by atoms with van der Waals surface area (Å²) in [6.07, 6.45) is 1.83. The number of carbonyl (C=O) groups is 1. The van der Waals surface area contributed by atoms with Gasteiger partial charge in [-0.1, -0.05) is 53.8 Å². The van der Waals surface area contributed by atoms with Crippen LogP contribution in [0.5, 0.6) is 11.5 Å². The van der Waals surface area contributed by atoms with Gasteiger partial charge >= 0.3 is 0 Å². The maximum atomic E-state index is 13.9. The van der Waals surface area contributed by atoms with Crippen molar-refractivity contribution in [3.05, 3.63) is 120 Å². The van der Waals surface area contributed by atoms with E-state index in [1.165, 1.54) is 11.3 Å². The number of nitrogens with zero attached hydrogens (tertiary/aromatic N) is 2. The van der Waals surface area contributed by atoms with E-state index < -0.39 is 6.04 Å². The molecule has 8 heteroatoms. The molecule has 0 radical (unpaired) electrons. The second kappa shape index (κ2) is 10.5. The highest BCUT2D eigenvalue weighted by atomic mass is 32.1. The number of hydrogen-bond donors (Lipinski definition) is 1. The number of carbonyl (C=O) groups excluding carboxylic acids is 1. The maximum Gasteiger partial charge on any atom is 0.271 e. The van der Waals surface area contributed by atoms with Crippen molar-refractivity contribution in [1.82, 2.24) is 4.57 Å². The van der Waals surface area contributed by atoms with Crippen molar-refractivity contribution in [2.45, 2.75) is 19.9 Å². The Morgan fingerprint density at radius 1 is 1.00 bits per heavy atom. The minimum Gasteiger partial charge on any atom is -0.497 e. The van der Waals surface area contributed by atoms with Crippen molar-refractivity contribution in [2.75, 3.05) is 19.5 Å². The number of thiazole rings is 1. The highest BCUT2D eigenvalue weighted by molar-refractivity contribution is 7.07. The first-order valence-corrected chi connectivity index (χ1v) is 12.9. The van der Waals surface area contributed by atoms with E-state index in [1.54, 1.807) is 25.7 Å². The highest BCUT2D eigenvalue weighted by Crippen LogP contribution is 2.31. The molecule has 1 atom stereocenters. The Balaban J connectivity index is 1.67. The number of ether oxygens (including phenoxy) is 2. The van der Waals surface area contributed by atoms with Gasteiger partial charge < -0.3 is 14.8 Å². The van der Waals surface area contributed by atoms with Gasteiger partial charge in [-0.3, -0.25) is 14.2 Å². The fraction of sp³-hybridized carbons (Fsp3) is 0.167. The second-order valence-corrected chi connectivity index (χ2v) is 9.91. The average Bonchev–Trinajstić information content (AvgIpc) is 3.23. The molecule has 1 N–H and O–H groups in total. The molecule has 5 rings (SSSR count). The topological polar surface area (TPSA) is 81.9 Å². The Hall–Kier alpha value is -4.43. The van der Waals surface area contributed by atoms with Crippen molar-refractivity contribution < 1.29 is 14.3 Å². The Morgan fingerprint density at radius 3 is 2.42 bits per heavy atom. The van der Waals surface area contributed by atoms with Crippen LogP contribution in [-0.4, -0.2) is 24.7 Å². The number of allylic oxidation sites excluding steroid dienone is 1. The Morgan fingerprint density at radius 2 is 1.74 bits per heavy atom. The zero-order chi connectivity index (χ0) is 26.8. The molecule has 192 valence electrons. The van der Waals surface area contributed by atoms with Gasteiger partial charge in [0.25, 0.3) is 11.5 Å². The van der Waals surface area contributed by atoms with Gasteiger partial charge in [-0.2, -0.15) is 0 Å². The van der Waals surface area contributed by atoms with E-state index >= 15 is 0 Å². The normalized spacial score (nSPS) is 15.1. The second-order valence-electron chi connectivity index (χ2n) is 8.90. The molecule has 1 amide bonds. The predicted molar refractivity (Wildman–Crippen MR) is 150 cm³/mol. The molecule has 38 heavy (non-hydrogen) atoms. The summed E-state index contributed by atoms with van der Waals surface area (Å²) in [4.78, 5) is 32.7. The maximum absolute atomic E-state index is 13.9. The number of aromatic nitrogens is 1. The number of rotatable bonds is 6. The van der Waals surface area contributed by atoms with E-state index in [0.29, 0.717) is 32.0 Å². The Labute approximate surface area is 224 Å². The molecule has 3 aromatic carbocycles. The molecule has 0 bridgehead atoms. The fourth-order valence-corrected chi connectivity index (χ4v) is 5.56. The van der Waals surface area contributed by atoms with Crippen LogP contribution in [0.2, 0.25) is 0 Å². The lowest BCUT2D eigenvalue weighted by molar-refractivity contribution is -0.113. The molecule has 1 aliphatic rings. The van der Waals surface area contributed by atoms with Gasteiger partial charge in [0, 0.05) is 5.69 Å². The lowest BCUT2D eigenvalue weighted by Gasteiger charge is -2.25. The van der Waals surface area contributed by atoms with Crippen molar-refractivity contribution in [1.29, 1.82) is 0 Å². The van der Waals surface area contributed by atoms with Gasteiger partial charge in [0.05, 0.1) is 36.1 Å². The van der Waals surface area contributed by atoms with Crippen LogP contribution in [0, 0.1) is 6.92 Å². The number of hydrogen-bond acceptors (Lipinski definition) is 6. The molecule has 1 aliphatic heterocycles. The smallest absolute Gasteiger partial charge is 0.271 e. The van der Waals surface area contributed by atoms with Crippen molar-refractivity contribution in [3.8, 4) is 11.5 Å². The van der Waals surface area contributed by atoms with Gasteiger partial charge in [-0.15, -0.1) is 0 Å². The minimum absolute atomic E-state index is 0.216. The van der Waals surface area contributed by atoms with Crippen LogP contribution in [0.3, 0.4) is 0 Å².